The van der Waals surface area contributed by atoms with Crippen molar-refractivity contribution >= 4 is 22.9 Å². The SMILES string of the molecule is COc1cccc(Nc2ncnn3ccc(CN4CC[C@@H](N)[C@H](C(N)=O)C4)c23)c1. The lowest BCUT2D eigenvalue weighted by molar-refractivity contribution is -0.124. The van der Waals surface area contributed by atoms with Crippen LogP contribution in [0.5, 0.6) is 5.75 Å². The molecule has 0 radical (unpaired) electrons. The van der Waals surface area contributed by atoms with Gasteiger partial charge >= 0.3 is 0 Å². The molecule has 3 heterocycles. The van der Waals surface area contributed by atoms with Crippen LogP contribution in [0.4, 0.5) is 11.5 Å². The van der Waals surface area contributed by atoms with Crippen LogP contribution < -0.4 is 21.5 Å². The van der Waals surface area contributed by atoms with Crippen molar-refractivity contribution < 1.29 is 9.53 Å². The van der Waals surface area contributed by atoms with Crippen LogP contribution in [0.2, 0.25) is 0 Å². The van der Waals surface area contributed by atoms with Crippen LogP contribution in [0.25, 0.3) is 5.52 Å². The Hall–Kier alpha value is -3.17. The highest BCUT2D eigenvalue weighted by molar-refractivity contribution is 5.78. The van der Waals surface area contributed by atoms with Crippen molar-refractivity contribution in [1.82, 2.24) is 19.5 Å². The number of methoxy groups -OCH3 is 1. The Morgan fingerprint density at radius 1 is 1.38 bits per heavy atom. The number of carbonyl (C=O) groups is 1. The molecule has 3 aromatic rings. The zero-order valence-electron chi connectivity index (χ0n) is 16.3. The molecule has 0 bridgehead atoms. The number of piperidine rings is 1. The normalized spacial score (nSPS) is 19.9. The molecule has 1 aromatic carbocycles. The number of anilines is 2. The van der Waals surface area contributed by atoms with Gasteiger partial charge in [0.05, 0.1) is 13.0 Å². The van der Waals surface area contributed by atoms with E-state index in [1.807, 2.05) is 36.5 Å². The van der Waals surface area contributed by atoms with E-state index in [-0.39, 0.29) is 17.9 Å². The van der Waals surface area contributed by atoms with Gasteiger partial charge in [-0.2, -0.15) is 5.10 Å². The Bertz CT molecular complexity index is 1020. The molecule has 0 saturated carbocycles. The molecule has 1 saturated heterocycles. The van der Waals surface area contributed by atoms with Crippen LogP contribution in [0.1, 0.15) is 12.0 Å². The minimum absolute atomic E-state index is 0.178. The summed E-state index contributed by atoms with van der Waals surface area (Å²) < 4.78 is 7.09. The van der Waals surface area contributed by atoms with Gasteiger partial charge in [-0.25, -0.2) is 9.50 Å². The first-order valence-corrected chi connectivity index (χ1v) is 9.54. The second-order valence-electron chi connectivity index (χ2n) is 7.30. The second-order valence-corrected chi connectivity index (χ2v) is 7.30. The van der Waals surface area contributed by atoms with Crippen LogP contribution in [-0.2, 0) is 11.3 Å². The smallest absolute Gasteiger partial charge is 0.223 e. The van der Waals surface area contributed by atoms with E-state index >= 15 is 0 Å². The van der Waals surface area contributed by atoms with E-state index in [9.17, 15) is 4.79 Å². The van der Waals surface area contributed by atoms with Gasteiger partial charge in [-0.3, -0.25) is 9.69 Å². The molecule has 152 valence electrons. The van der Waals surface area contributed by atoms with E-state index in [2.05, 4.69) is 20.3 Å². The van der Waals surface area contributed by atoms with Crippen molar-refractivity contribution in [1.29, 1.82) is 0 Å². The fourth-order valence-electron chi connectivity index (χ4n) is 3.80. The highest BCUT2D eigenvalue weighted by Gasteiger charge is 2.31. The number of nitrogens with one attached hydrogen (secondary N) is 1. The molecule has 1 fully saturated rings. The van der Waals surface area contributed by atoms with E-state index in [1.165, 1.54) is 6.33 Å². The van der Waals surface area contributed by atoms with Gasteiger partial charge in [0.2, 0.25) is 5.91 Å². The number of nitrogens with zero attached hydrogens (tertiary/aromatic N) is 4. The van der Waals surface area contributed by atoms with Crippen LogP contribution in [0.15, 0.2) is 42.9 Å². The number of likely N-dealkylation sites (tertiary alicyclic amines) is 1. The number of hydrogen-bond donors (Lipinski definition) is 3. The molecule has 9 heteroatoms. The van der Waals surface area contributed by atoms with Crippen molar-refractivity contribution in [3.8, 4) is 5.75 Å². The lowest BCUT2D eigenvalue weighted by atomic mass is 9.92. The highest BCUT2D eigenvalue weighted by Crippen LogP contribution is 2.27. The van der Waals surface area contributed by atoms with Gasteiger partial charge in [0.1, 0.15) is 17.6 Å². The highest BCUT2D eigenvalue weighted by atomic mass is 16.5. The van der Waals surface area contributed by atoms with Gasteiger partial charge in [0, 0.05) is 43.6 Å². The summed E-state index contributed by atoms with van der Waals surface area (Å²) in [4.78, 5) is 18.4. The average molecular weight is 395 g/mol. The number of ether oxygens (including phenoxy) is 1. The number of carbonyl (C=O) groups excluding carboxylic acids is 1. The minimum Gasteiger partial charge on any atom is -0.497 e. The van der Waals surface area contributed by atoms with E-state index in [4.69, 9.17) is 16.2 Å². The zero-order valence-corrected chi connectivity index (χ0v) is 16.3. The number of amides is 1. The van der Waals surface area contributed by atoms with Crippen molar-refractivity contribution in [2.24, 2.45) is 17.4 Å². The first-order valence-electron chi connectivity index (χ1n) is 9.54. The number of aromatic nitrogens is 3. The van der Waals surface area contributed by atoms with Gasteiger partial charge in [0.25, 0.3) is 0 Å². The standard InChI is InChI=1S/C20H25N7O2/c1-29-15-4-2-3-14(9-15)25-20-18-13(5-8-27(18)24-12-23-20)10-26-7-6-17(21)16(11-26)19(22)28/h2-5,8-9,12,16-17H,6-7,10-11,21H2,1H3,(H2,22,28)(H,23,24,25)/t16-,17-/m1/s1. The molecule has 0 unspecified atom stereocenters. The predicted octanol–water partition coefficient (Wildman–Crippen LogP) is 1.12. The molecule has 5 N–H and O–H groups in total. The number of benzene rings is 1. The maximum Gasteiger partial charge on any atom is 0.223 e. The van der Waals surface area contributed by atoms with E-state index in [0.29, 0.717) is 18.9 Å². The Balaban J connectivity index is 1.60. The molecule has 0 aliphatic carbocycles. The molecular formula is C20H25N7O2. The van der Waals surface area contributed by atoms with Gasteiger partial charge < -0.3 is 21.5 Å². The summed E-state index contributed by atoms with van der Waals surface area (Å²) in [7, 11) is 1.64. The van der Waals surface area contributed by atoms with Gasteiger partial charge in [-0.15, -0.1) is 0 Å². The van der Waals surface area contributed by atoms with Crippen LogP contribution >= 0.6 is 0 Å². The molecule has 1 aliphatic rings. The summed E-state index contributed by atoms with van der Waals surface area (Å²) in [5, 5.41) is 7.67. The minimum atomic E-state index is -0.340. The summed E-state index contributed by atoms with van der Waals surface area (Å²) in [6.45, 7) is 2.03. The molecular weight excluding hydrogens is 370 g/mol. The first-order chi connectivity index (χ1) is 14.0. The molecule has 0 spiro atoms. The van der Waals surface area contributed by atoms with Crippen LogP contribution in [0.3, 0.4) is 0 Å². The topological polar surface area (TPSA) is 124 Å². The largest absolute Gasteiger partial charge is 0.497 e. The molecule has 4 rings (SSSR count). The summed E-state index contributed by atoms with van der Waals surface area (Å²) >= 11 is 0. The lowest BCUT2D eigenvalue weighted by Gasteiger charge is -2.35. The maximum absolute atomic E-state index is 11.7. The number of fused-ring (bicyclic) bond motifs is 1. The molecule has 29 heavy (non-hydrogen) atoms. The molecule has 1 aliphatic heterocycles. The number of rotatable bonds is 6. The second kappa shape index (κ2) is 8.06. The van der Waals surface area contributed by atoms with Crippen molar-refractivity contribution in [2.75, 3.05) is 25.5 Å². The average Bonchev–Trinajstić information content (AvgIpc) is 3.13. The molecule has 1 amide bonds. The van der Waals surface area contributed by atoms with Crippen LogP contribution in [-0.4, -0.2) is 51.6 Å². The number of nitrogens with two attached hydrogens (primary N) is 2. The quantitative estimate of drug-likeness (QED) is 0.571. The third-order valence-corrected chi connectivity index (χ3v) is 5.38. The predicted molar refractivity (Wildman–Crippen MR) is 110 cm³/mol. The Labute approximate surface area is 168 Å². The Morgan fingerprint density at radius 2 is 2.24 bits per heavy atom. The van der Waals surface area contributed by atoms with Crippen molar-refractivity contribution in [3.05, 3.63) is 48.4 Å². The number of hydrogen-bond acceptors (Lipinski definition) is 7. The fraction of sp³-hybridized carbons (Fsp3) is 0.350. The monoisotopic (exact) mass is 395 g/mol. The summed E-state index contributed by atoms with van der Waals surface area (Å²) in [6, 6.07) is 9.51. The summed E-state index contributed by atoms with van der Waals surface area (Å²) in [6.07, 6.45) is 4.16. The Kier molecular flexibility index (Phi) is 5.32. The van der Waals surface area contributed by atoms with Crippen LogP contribution in [0, 0.1) is 5.92 Å². The molecule has 2 aromatic heterocycles. The molecule has 9 nitrogen and oxygen atoms in total. The number of primary amides is 1. The van der Waals surface area contributed by atoms with Gasteiger partial charge in [-0.05, 0) is 30.2 Å². The maximum atomic E-state index is 11.7. The zero-order chi connectivity index (χ0) is 20.4. The van der Waals surface area contributed by atoms with E-state index in [1.54, 1.807) is 11.6 Å². The third kappa shape index (κ3) is 4.01. The summed E-state index contributed by atoms with van der Waals surface area (Å²) in [5.41, 5.74) is 14.4. The Morgan fingerprint density at radius 3 is 3.03 bits per heavy atom. The summed E-state index contributed by atoms with van der Waals surface area (Å²) in [5.74, 6) is 0.794. The van der Waals surface area contributed by atoms with E-state index < -0.39 is 0 Å². The van der Waals surface area contributed by atoms with Gasteiger partial charge in [-0.1, -0.05) is 6.07 Å². The van der Waals surface area contributed by atoms with Crippen molar-refractivity contribution in [2.45, 2.75) is 19.0 Å². The fourth-order valence-corrected chi connectivity index (χ4v) is 3.80. The third-order valence-electron chi connectivity index (χ3n) is 5.38. The molecule has 2 atom stereocenters. The van der Waals surface area contributed by atoms with Crippen molar-refractivity contribution in [3.63, 3.8) is 0 Å². The first kappa shape index (κ1) is 19.2. The van der Waals surface area contributed by atoms with E-state index in [0.717, 1.165) is 35.5 Å². The van der Waals surface area contributed by atoms with Gasteiger partial charge in [0.15, 0.2) is 5.82 Å². The lowest BCUT2D eigenvalue weighted by Crippen LogP contribution is -2.51.